The molecule has 0 fully saturated rings. The first kappa shape index (κ1) is 14.0. The highest BCUT2D eigenvalue weighted by atomic mass is 32.2. The monoisotopic (exact) mass is 283 g/mol. The lowest BCUT2D eigenvalue weighted by molar-refractivity contribution is 0.506. The molecule has 0 radical (unpaired) electrons. The summed E-state index contributed by atoms with van der Waals surface area (Å²) in [5.74, 6) is -2.29. The number of hydrogen-bond donors (Lipinski definition) is 1. The maximum atomic E-state index is 13.8. The van der Waals surface area contributed by atoms with Gasteiger partial charge in [-0.1, -0.05) is 17.8 Å². The van der Waals surface area contributed by atoms with Crippen LogP contribution in [0.1, 0.15) is 18.5 Å². The van der Waals surface area contributed by atoms with Gasteiger partial charge < -0.3 is 5.73 Å². The Labute approximate surface area is 113 Å². The van der Waals surface area contributed by atoms with E-state index in [0.717, 1.165) is 23.9 Å². The average Bonchev–Trinajstić information content (AvgIpc) is 2.36. The SMILES string of the molecule is C[C@H](N)c1ccc(Sc2ccc(F)c(F)c2)c(F)c1. The van der Waals surface area contributed by atoms with Gasteiger partial charge in [0, 0.05) is 15.8 Å². The van der Waals surface area contributed by atoms with Crippen molar-refractivity contribution in [1.29, 1.82) is 0 Å². The highest BCUT2D eigenvalue weighted by molar-refractivity contribution is 7.99. The molecule has 0 aliphatic rings. The normalized spacial score (nSPS) is 12.5. The molecule has 0 aliphatic carbocycles. The molecule has 0 heterocycles. The fraction of sp³-hybridized carbons (Fsp3) is 0.143. The number of rotatable bonds is 3. The summed E-state index contributed by atoms with van der Waals surface area (Å²) in [6.07, 6.45) is 0. The largest absolute Gasteiger partial charge is 0.324 e. The summed E-state index contributed by atoms with van der Waals surface area (Å²) in [5, 5.41) is 0. The van der Waals surface area contributed by atoms with Crippen molar-refractivity contribution in [2.75, 3.05) is 0 Å². The molecule has 0 spiro atoms. The average molecular weight is 283 g/mol. The van der Waals surface area contributed by atoms with Crippen LogP contribution in [0.4, 0.5) is 13.2 Å². The van der Waals surface area contributed by atoms with Gasteiger partial charge in [0.2, 0.25) is 0 Å². The van der Waals surface area contributed by atoms with Gasteiger partial charge in [0.15, 0.2) is 11.6 Å². The minimum atomic E-state index is -0.947. The lowest BCUT2D eigenvalue weighted by Crippen LogP contribution is -2.05. The highest BCUT2D eigenvalue weighted by Gasteiger charge is 2.09. The lowest BCUT2D eigenvalue weighted by atomic mass is 10.1. The summed E-state index contributed by atoms with van der Waals surface area (Å²) in [6.45, 7) is 1.76. The Kier molecular flexibility index (Phi) is 4.17. The van der Waals surface area contributed by atoms with Crippen LogP contribution in [-0.2, 0) is 0 Å². The molecule has 1 atom stereocenters. The smallest absolute Gasteiger partial charge is 0.159 e. The Hall–Kier alpha value is -1.46. The van der Waals surface area contributed by atoms with Crippen molar-refractivity contribution in [2.24, 2.45) is 5.73 Å². The fourth-order valence-electron chi connectivity index (χ4n) is 1.55. The van der Waals surface area contributed by atoms with Crippen molar-refractivity contribution >= 4 is 11.8 Å². The molecule has 0 amide bonds. The van der Waals surface area contributed by atoms with Gasteiger partial charge in [0.05, 0.1) is 0 Å². The van der Waals surface area contributed by atoms with E-state index >= 15 is 0 Å². The Balaban J connectivity index is 2.25. The second kappa shape index (κ2) is 5.67. The first-order chi connectivity index (χ1) is 8.97. The van der Waals surface area contributed by atoms with Gasteiger partial charge in [-0.3, -0.25) is 0 Å². The predicted octanol–water partition coefficient (Wildman–Crippen LogP) is 4.27. The standard InChI is InChI=1S/C14H12F3NS/c1-8(18)9-2-5-14(13(17)6-9)19-10-3-4-11(15)12(16)7-10/h2-8H,18H2,1H3/t8-/m0/s1. The number of hydrogen-bond acceptors (Lipinski definition) is 2. The van der Waals surface area contributed by atoms with Crippen LogP contribution in [0.2, 0.25) is 0 Å². The zero-order chi connectivity index (χ0) is 14.0. The molecule has 0 saturated heterocycles. The zero-order valence-electron chi connectivity index (χ0n) is 10.2. The summed E-state index contributed by atoms with van der Waals surface area (Å²) in [7, 11) is 0. The van der Waals surface area contributed by atoms with Crippen LogP contribution < -0.4 is 5.73 Å². The molecule has 100 valence electrons. The van der Waals surface area contributed by atoms with Crippen molar-refractivity contribution in [2.45, 2.75) is 22.8 Å². The van der Waals surface area contributed by atoms with Gasteiger partial charge in [-0.25, -0.2) is 13.2 Å². The molecule has 1 nitrogen and oxygen atoms in total. The van der Waals surface area contributed by atoms with Crippen LogP contribution in [-0.4, -0.2) is 0 Å². The van der Waals surface area contributed by atoms with Crippen molar-refractivity contribution < 1.29 is 13.2 Å². The maximum Gasteiger partial charge on any atom is 0.159 e. The second-order valence-corrected chi connectivity index (χ2v) is 5.27. The molecule has 19 heavy (non-hydrogen) atoms. The van der Waals surface area contributed by atoms with Crippen LogP contribution >= 0.6 is 11.8 Å². The molecule has 0 aromatic heterocycles. The van der Waals surface area contributed by atoms with Crippen LogP contribution in [0.5, 0.6) is 0 Å². The molecule has 5 heteroatoms. The third-order valence-electron chi connectivity index (χ3n) is 2.60. The van der Waals surface area contributed by atoms with Crippen LogP contribution in [0.3, 0.4) is 0 Å². The molecule has 0 bridgehead atoms. The first-order valence-corrected chi connectivity index (χ1v) is 6.47. The van der Waals surface area contributed by atoms with Gasteiger partial charge >= 0.3 is 0 Å². The third kappa shape index (κ3) is 3.30. The van der Waals surface area contributed by atoms with Crippen LogP contribution in [0.15, 0.2) is 46.2 Å². The van der Waals surface area contributed by atoms with Crippen LogP contribution in [0.25, 0.3) is 0 Å². The van der Waals surface area contributed by atoms with Crippen molar-refractivity contribution in [3.63, 3.8) is 0 Å². The number of halogens is 3. The summed E-state index contributed by atoms with van der Waals surface area (Å²) in [4.78, 5) is 0.779. The van der Waals surface area contributed by atoms with Crippen molar-refractivity contribution in [1.82, 2.24) is 0 Å². The Morgan fingerprint density at radius 1 is 0.947 bits per heavy atom. The molecule has 0 unspecified atom stereocenters. The molecular weight excluding hydrogens is 271 g/mol. The van der Waals surface area contributed by atoms with Crippen LogP contribution in [0, 0.1) is 17.5 Å². The van der Waals surface area contributed by atoms with E-state index < -0.39 is 17.5 Å². The molecule has 2 aromatic rings. The Morgan fingerprint density at radius 3 is 2.26 bits per heavy atom. The molecule has 2 N–H and O–H groups in total. The van der Waals surface area contributed by atoms with E-state index in [1.165, 1.54) is 12.1 Å². The minimum absolute atomic E-state index is 0.253. The fourth-order valence-corrected chi connectivity index (χ4v) is 2.40. The topological polar surface area (TPSA) is 26.0 Å². The Morgan fingerprint density at radius 2 is 1.68 bits per heavy atom. The van der Waals surface area contributed by atoms with E-state index in [-0.39, 0.29) is 6.04 Å². The van der Waals surface area contributed by atoms with E-state index in [9.17, 15) is 13.2 Å². The van der Waals surface area contributed by atoms with Gasteiger partial charge in [-0.15, -0.1) is 0 Å². The summed E-state index contributed by atoms with van der Waals surface area (Å²) in [5.41, 5.74) is 6.34. The van der Waals surface area contributed by atoms with Gasteiger partial charge in [0.25, 0.3) is 0 Å². The summed E-state index contributed by atoms with van der Waals surface area (Å²) < 4.78 is 39.7. The van der Waals surface area contributed by atoms with E-state index in [0.29, 0.717) is 15.4 Å². The van der Waals surface area contributed by atoms with Crippen molar-refractivity contribution in [3.8, 4) is 0 Å². The third-order valence-corrected chi connectivity index (χ3v) is 3.64. The minimum Gasteiger partial charge on any atom is -0.324 e. The van der Waals surface area contributed by atoms with E-state index in [4.69, 9.17) is 5.73 Å². The highest BCUT2D eigenvalue weighted by Crippen LogP contribution is 2.31. The van der Waals surface area contributed by atoms with E-state index in [1.807, 2.05) is 0 Å². The second-order valence-electron chi connectivity index (χ2n) is 4.16. The number of benzene rings is 2. The predicted molar refractivity (Wildman–Crippen MR) is 69.5 cm³/mol. The summed E-state index contributed by atoms with van der Waals surface area (Å²) in [6, 6.07) is 7.87. The van der Waals surface area contributed by atoms with Gasteiger partial charge in [-0.2, -0.15) is 0 Å². The van der Waals surface area contributed by atoms with Crippen molar-refractivity contribution in [3.05, 3.63) is 59.4 Å². The lowest BCUT2D eigenvalue weighted by Gasteiger charge is -2.08. The summed E-state index contributed by atoms with van der Waals surface area (Å²) >= 11 is 1.04. The number of nitrogens with two attached hydrogens (primary N) is 1. The zero-order valence-corrected chi connectivity index (χ0v) is 11.0. The molecule has 2 rings (SSSR count). The van der Waals surface area contributed by atoms with E-state index in [2.05, 4.69) is 0 Å². The van der Waals surface area contributed by atoms with Gasteiger partial charge in [-0.05, 0) is 42.8 Å². The Bertz CT molecular complexity index is 599. The molecule has 0 aliphatic heterocycles. The molecular formula is C14H12F3NS. The maximum absolute atomic E-state index is 13.8. The van der Waals surface area contributed by atoms with E-state index in [1.54, 1.807) is 19.1 Å². The molecule has 2 aromatic carbocycles. The molecule has 0 saturated carbocycles. The van der Waals surface area contributed by atoms with Gasteiger partial charge in [0.1, 0.15) is 5.82 Å². The quantitative estimate of drug-likeness (QED) is 0.910. The first-order valence-electron chi connectivity index (χ1n) is 5.65.